The molecule has 0 unspecified atom stereocenters. The molecule has 4 aromatic carbocycles. The zero-order chi connectivity index (χ0) is 33.1. The van der Waals surface area contributed by atoms with Gasteiger partial charge in [-0.25, -0.2) is 12.8 Å². The summed E-state index contributed by atoms with van der Waals surface area (Å²) in [5.41, 5.74) is 1.68. The largest absolute Gasteiger partial charge is 0.494 e. The minimum Gasteiger partial charge on any atom is -0.494 e. The van der Waals surface area contributed by atoms with Crippen LogP contribution < -0.4 is 14.4 Å². The van der Waals surface area contributed by atoms with Gasteiger partial charge in [0.2, 0.25) is 11.8 Å². The first-order valence-corrected chi connectivity index (χ1v) is 16.8. The fraction of sp³-hybridized carbons (Fsp3) is 0.257. The second-order valence-corrected chi connectivity index (χ2v) is 12.8. The molecule has 0 fully saturated rings. The number of rotatable bonds is 15. The lowest BCUT2D eigenvalue weighted by Gasteiger charge is -2.34. The van der Waals surface area contributed by atoms with Crippen LogP contribution in [0.25, 0.3) is 0 Å². The Morgan fingerprint density at radius 2 is 1.57 bits per heavy atom. The number of sulfonamides is 1. The Morgan fingerprint density at radius 3 is 2.20 bits per heavy atom. The van der Waals surface area contributed by atoms with Gasteiger partial charge < -0.3 is 15.0 Å². The van der Waals surface area contributed by atoms with Gasteiger partial charge in [-0.3, -0.25) is 13.9 Å². The minimum atomic E-state index is -4.37. The van der Waals surface area contributed by atoms with E-state index in [1.54, 1.807) is 36.4 Å². The van der Waals surface area contributed by atoms with E-state index in [4.69, 9.17) is 16.3 Å². The maximum absolute atomic E-state index is 14.4. The zero-order valence-electron chi connectivity index (χ0n) is 25.7. The molecule has 0 saturated carbocycles. The second-order valence-electron chi connectivity index (χ2n) is 10.5. The Labute approximate surface area is 274 Å². The van der Waals surface area contributed by atoms with Gasteiger partial charge >= 0.3 is 0 Å². The fourth-order valence-corrected chi connectivity index (χ4v) is 6.52. The fourth-order valence-electron chi connectivity index (χ4n) is 4.89. The van der Waals surface area contributed by atoms with E-state index < -0.39 is 34.3 Å². The van der Waals surface area contributed by atoms with Crippen molar-refractivity contribution < 1.29 is 27.1 Å². The summed E-state index contributed by atoms with van der Waals surface area (Å²) in [5, 5.41) is 3.36. The van der Waals surface area contributed by atoms with Crippen LogP contribution in [0.3, 0.4) is 0 Å². The van der Waals surface area contributed by atoms with Crippen molar-refractivity contribution in [2.45, 2.75) is 44.2 Å². The van der Waals surface area contributed by atoms with Crippen LogP contribution in [0.1, 0.15) is 31.4 Å². The summed E-state index contributed by atoms with van der Waals surface area (Å²) < 4.78 is 48.4. The Kier molecular flexibility index (Phi) is 12.2. The van der Waals surface area contributed by atoms with E-state index in [1.807, 2.05) is 44.2 Å². The van der Waals surface area contributed by atoms with Crippen LogP contribution in [0.4, 0.5) is 10.1 Å². The van der Waals surface area contributed by atoms with Crippen molar-refractivity contribution in [3.8, 4) is 5.75 Å². The summed E-state index contributed by atoms with van der Waals surface area (Å²) in [6.07, 6.45) is 0.879. The average Bonchev–Trinajstić information content (AvgIpc) is 3.05. The maximum Gasteiger partial charge on any atom is 0.264 e. The molecule has 4 rings (SSSR count). The molecule has 1 N–H and O–H groups in total. The monoisotopic (exact) mass is 665 g/mol. The molecule has 0 aliphatic rings. The Morgan fingerprint density at radius 1 is 0.891 bits per heavy atom. The summed E-state index contributed by atoms with van der Waals surface area (Å²) in [6.45, 7) is 3.92. The van der Waals surface area contributed by atoms with Crippen LogP contribution in [0.2, 0.25) is 5.02 Å². The molecule has 0 aromatic heterocycles. The van der Waals surface area contributed by atoms with Crippen molar-refractivity contribution in [2.75, 3.05) is 24.0 Å². The van der Waals surface area contributed by atoms with E-state index in [9.17, 15) is 22.4 Å². The molecule has 0 aliphatic carbocycles. The smallest absolute Gasteiger partial charge is 0.264 e. The van der Waals surface area contributed by atoms with Gasteiger partial charge in [-0.05, 0) is 85.1 Å². The first-order valence-electron chi connectivity index (χ1n) is 15.0. The van der Waals surface area contributed by atoms with E-state index in [-0.39, 0.29) is 29.5 Å². The predicted octanol–water partition coefficient (Wildman–Crippen LogP) is 6.24. The summed E-state index contributed by atoms with van der Waals surface area (Å²) in [6, 6.07) is 25.9. The summed E-state index contributed by atoms with van der Waals surface area (Å²) in [4.78, 5) is 29.4. The third kappa shape index (κ3) is 9.08. The first kappa shape index (κ1) is 34.5. The van der Waals surface area contributed by atoms with Gasteiger partial charge in [-0.2, -0.15) is 0 Å². The number of ether oxygens (including phenoxy) is 1. The highest BCUT2D eigenvalue weighted by Gasteiger charge is 2.34. The number of halogens is 2. The van der Waals surface area contributed by atoms with Gasteiger partial charge in [0.1, 0.15) is 24.2 Å². The maximum atomic E-state index is 14.4. The number of hydrogen-bond acceptors (Lipinski definition) is 5. The molecule has 2 amide bonds. The van der Waals surface area contributed by atoms with E-state index in [2.05, 4.69) is 5.32 Å². The highest BCUT2D eigenvalue weighted by molar-refractivity contribution is 7.92. The van der Waals surface area contributed by atoms with Crippen molar-refractivity contribution in [3.63, 3.8) is 0 Å². The molecule has 0 heterocycles. The Hall–Kier alpha value is -4.41. The number of nitrogens with one attached hydrogen (secondary N) is 1. The molecular formula is C35H37ClFN3O5S. The Bertz CT molecular complexity index is 1700. The molecule has 0 radical (unpaired) electrons. The van der Waals surface area contributed by atoms with Crippen LogP contribution >= 0.6 is 11.6 Å². The molecule has 242 valence electrons. The summed E-state index contributed by atoms with van der Waals surface area (Å²) in [5.74, 6) is -1.06. The number of anilines is 1. The molecule has 0 aliphatic heterocycles. The molecule has 46 heavy (non-hydrogen) atoms. The third-order valence-electron chi connectivity index (χ3n) is 7.18. The Balaban J connectivity index is 1.79. The molecule has 4 aromatic rings. The number of carbonyl (C=O) groups excluding carboxylic acids is 2. The molecule has 8 nitrogen and oxygen atoms in total. The first-order chi connectivity index (χ1) is 22.1. The zero-order valence-corrected chi connectivity index (χ0v) is 27.3. The predicted molar refractivity (Wildman–Crippen MR) is 178 cm³/mol. The molecule has 1 atom stereocenters. The molecule has 0 spiro atoms. The lowest BCUT2D eigenvalue weighted by Crippen LogP contribution is -2.53. The van der Waals surface area contributed by atoms with Gasteiger partial charge in [0.25, 0.3) is 10.0 Å². The number of hydrogen-bond donors (Lipinski definition) is 1. The van der Waals surface area contributed by atoms with Crippen LogP contribution in [-0.2, 0) is 32.6 Å². The average molecular weight is 666 g/mol. The van der Waals surface area contributed by atoms with E-state index in [0.29, 0.717) is 35.9 Å². The summed E-state index contributed by atoms with van der Waals surface area (Å²) >= 11 is 6.28. The minimum absolute atomic E-state index is 0.00977. The number of benzene rings is 4. The molecule has 0 bridgehead atoms. The lowest BCUT2D eigenvalue weighted by atomic mass is 10.0. The topological polar surface area (TPSA) is 96.0 Å². The van der Waals surface area contributed by atoms with Crippen molar-refractivity contribution in [1.29, 1.82) is 0 Å². The van der Waals surface area contributed by atoms with Crippen LogP contribution in [0, 0.1) is 5.82 Å². The van der Waals surface area contributed by atoms with Gasteiger partial charge in [-0.1, -0.05) is 61.0 Å². The van der Waals surface area contributed by atoms with Crippen LogP contribution in [0.5, 0.6) is 5.75 Å². The quantitative estimate of drug-likeness (QED) is 0.162. The van der Waals surface area contributed by atoms with Crippen LogP contribution in [0.15, 0.2) is 108 Å². The summed E-state index contributed by atoms with van der Waals surface area (Å²) in [7, 11) is -4.37. The number of carbonyl (C=O) groups is 2. The van der Waals surface area contributed by atoms with Gasteiger partial charge in [-0.15, -0.1) is 0 Å². The molecule has 11 heteroatoms. The van der Waals surface area contributed by atoms with Gasteiger partial charge in [0.05, 0.1) is 17.2 Å². The SMILES string of the molecule is CCCNC(=O)[C@H](Cc1ccccc1)N(Cc1cccc(Cl)c1)C(=O)CN(c1ccc(OCC)cc1)S(=O)(=O)c1ccc(F)cc1. The normalized spacial score (nSPS) is 11.8. The third-order valence-corrected chi connectivity index (χ3v) is 9.20. The van der Waals surface area contributed by atoms with Crippen molar-refractivity contribution in [2.24, 2.45) is 0 Å². The van der Waals surface area contributed by atoms with Crippen molar-refractivity contribution in [1.82, 2.24) is 10.2 Å². The molecule has 0 saturated heterocycles. The van der Waals surface area contributed by atoms with E-state index in [1.165, 1.54) is 17.0 Å². The van der Waals surface area contributed by atoms with Crippen molar-refractivity contribution >= 4 is 39.1 Å². The van der Waals surface area contributed by atoms with Gasteiger partial charge in [0.15, 0.2) is 0 Å². The lowest BCUT2D eigenvalue weighted by molar-refractivity contribution is -0.140. The van der Waals surface area contributed by atoms with E-state index >= 15 is 0 Å². The highest BCUT2D eigenvalue weighted by atomic mass is 35.5. The van der Waals surface area contributed by atoms with Crippen molar-refractivity contribution in [3.05, 3.63) is 125 Å². The number of nitrogens with zero attached hydrogens (tertiary/aromatic N) is 2. The van der Waals surface area contributed by atoms with Gasteiger partial charge in [0, 0.05) is 24.5 Å². The van der Waals surface area contributed by atoms with E-state index in [0.717, 1.165) is 34.1 Å². The molecular weight excluding hydrogens is 629 g/mol. The highest BCUT2D eigenvalue weighted by Crippen LogP contribution is 2.27. The standard InChI is InChI=1S/C35H37ClFN3O5S/c1-3-21-38-35(42)33(23-26-9-6-5-7-10-26)39(24-27-11-8-12-28(36)22-27)34(41)25-40(30-15-17-31(18-16-30)45-4-2)46(43,44)32-19-13-29(37)14-20-32/h5-20,22,33H,3-4,21,23-25H2,1-2H3,(H,38,42)/t33-/m0/s1. The second kappa shape index (κ2) is 16.2. The van der Waals surface area contributed by atoms with Crippen LogP contribution in [-0.4, -0.2) is 50.9 Å². The number of amides is 2.